The van der Waals surface area contributed by atoms with Crippen LogP contribution in [0.1, 0.15) is 11.1 Å². The largest absolute Gasteiger partial charge is 0.255 e. The normalized spacial score (nSPS) is 11.0. The van der Waals surface area contributed by atoms with Gasteiger partial charge in [0, 0.05) is 34.6 Å². The van der Waals surface area contributed by atoms with Crippen molar-refractivity contribution >= 4 is 0 Å². The lowest BCUT2D eigenvalue weighted by Gasteiger charge is -2.14. The minimum atomic E-state index is 0.983. The Labute approximate surface area is 294 Å². The number of aryl methyl sites for hydroxylation is 2. The van der Waals surface area contributed by atoms with Crippen molar-refractivity contribution in [2.45, 2.75) is 13.8 Å². The zero-order valence-electron chi connectivity index (χ0n) is 28.2. The number of nitrogens with zero attached hydrogens (tertiary/aromatic N) is 2. The molecule has 8 aromatic rings. The van der Waals surface area contributed by atoms with Crippen molar-refractivity contribution in [1.82, 2.24) is 9.97 Å². The first-order valence-electron chi connectivity index (χ1n) is 17.1. The molecule has 0 atom stereocenters. The van der Waals surface area contributed by atoms with Crippen molar-refractivity contribution in [3.8, 4) is 78.1 Å². The first kappa shape index (κ1) is 30.9. The second-order valence-corrected chi connectivity index (χ2v) is 12.8. The molecule has 0 aliphatic heterocycles. The van der Waals surface area contributed by atoms with E-state index < -0.39 is 0 Å². The Bertz CT molecular complexity index is 2130. The van der Waals surface area contributed by atoms with E-state index in [2.05, 4.69) is 184 Å². The topological polar surface area (TPSA) is 25.8 Å². The molecule has 0 unspecified atom stereocenters. The summed E-state index contributed by atoms with van der Waals surface area (Å²) in [5.41, 5.74) is 18.0. The molecule has 0 bridgehead atoms. The quantitative estimate of drug-likeness (QED) is 0.173. The Morgan fingerprint density at radius 2 is 0.520 bits per heavy atom. The van der Waals surface area contributed by atoms with Gasteiger partial charge in [-0.05, 0) is 118 Å². The number of pyridine rings is 2. The van der Waals surface area contributed by atoms with Gasteiger partial charge in [-0.1, -0.05) is 121 Å². The van der Waals surface area contributed by atoms with E-state index >= 15 is 0 Å². The van der Waals surface area contributed by atoms with Gasteiger partial charge in [0.1, 0.15) is 0 Å². The van der Waals surface area contributed by atoms with E-state index in [0.717, 1.165) is 44.8 Å². The molecule has 2 heteroatoms. The summed E-state index contributed by atoms with van der Waals surface area (Å²) in [6, 6.07) is 60.3. The zero-order chi connectivity index (χ0) is 33.9. The fraction of sp³-hybridized carbons (Fsp3) is 0.0417. The molecule has 8 rings (SSSR count). The molecule has 0 N–H and O–H groups in total. The van der Waals surface area contributed by atoms with Crippen molar-refractivity contribution in [2.75, 3.05) is 0 Å². The maximum absolute atomic E-state index is 5.07. The number of aromatic nitrogens is 2. The molecular formula is C48H36N2. The maximum atomic E-state index is 5.07. The van der Waals surface area contributed by atoms with Crippen molar-refractivity contribution < 1.29 is 0 Å². The standard InChI is InChI=1S/C48H36N2/c1-33-23-45(31-49-47(33)43-27-39(35-15-7-3-8-16-35)25-40(28-43)36-17-9-4-10-18-36)46-24-34(2)48(50-32-46)44-29-41(37-19-11-5-12-20-37)26-42(30-44)38-21-13-6-14-22-38/h3-32H,1-2H3. The highest BCUT2D eigenvalue weighted by Gasteiger charge is 2.14. The summed E-state index contributed by atoms with van der Waals surface area (Å²) >= 11 is 0. The summed E-state index contributed by atoms with van der Waals surface area (Å²) in [4.78, 5) is 10.1. The van der Waals surface area contributed by atoms with Crippen LogP contribution in [0.5, 0.6) is 0 Å². The Hall–Kier alpha value is -6.38. The predicted molar refractivity (Wildman–Crippen MR) is 210 cm³/mol. The van der Waals surface area contributed by atoms with E-state index in [0.29, 0.717) is 0 Å². The van der Waals surface area contributed by atoms with E-state index in [1.54, 1.807) is 0 Å². The summed E-state index contributed by atoms with van der Waals surface area (Å²) in [5, 5.41) is 0. The molecule has 2 nitrogen and oxygen atoms in total. The minimum absolute atomic E-state index is 0.983. The molecule has 0 spiro atoms. The highest BCUT2D eigenvalue weighted by Crippen LogP contribution is 2.36. The molecule has 0 fully saturated rings. The monoisotopic (exact) mass is 640 g/mol. The summed E-state index contributed by atoms with van der Waals surface area (Å²) in [6.45, 7) is 4.30. The van der Waals surface area contributed by atoms with Gasteiger partial charge in [0.2, 0.25) is 0 Å². The van der Waals surface area contributed by atoms with Gasteiger partial charge in [-0.3, -0.25) is 9.97 Å². The van der Waals surface area contributed by atoms with Gasteiger partial charge >= 0.3 is 0 Å². The lowest BCUT2D eigenvalue weighted by molar-refractivity contribution is 1.24. The molecular weight excluding hydrogens is 605 g/mol. The van der Waals surface area contributed by atoms with Crippen molar-refractivity contribution in [3.63, 3.8) is 0 Å². The molecule has 0 saturated heterocycles. The van der Waals surface area contributed by atoms with Crippen LogP contribution < -0.4 is 0 Å². The van der Waals surface area contributed by atoms with Crippen LogP contribution in [0.15, 0.2) is 182 Å². The Balaban J connectivity index is 1.16. The third-order valence-corrected chi connectivity index (χ3v) is 9.33. The van der Waals surface area contributed by atoms with Gasteiger partial charge in [-0.15, -0.1) is 0 Å². The van der Waals surface area contributed by atoms with Crippen molar-refractivity contribution in [3.05, 3.63) is 193 Å². The molecule has 2 heterocycles. The van der Waals surface area contributed by atoms with Gasteiger partial charge in [0.15, 0.2) is 0 Å². The number of rotatable bonds is 7. The Morgan fingerprint density at radius 1 is 0.260 bits per heavy atom. The molecule has 2 aromatic heterocycles. The van der Waals surface area contributed by atoms with Crippen LogP contribution in [-0.2, 0) is 0 Å². The number of hydrogen-bond donors (Lipinski definition) is 0. The second kappa shape index (κ2) is 13.6. The van der Waals surface area contributed by atoms with Crippen molar-refractivity contribution in [2.24, 2.45) is 0 Å². The first-order valence-corrected chi connectivity index (χ1v) is 17.1. The molecule has 0 radical (unpaired) electrons. The van der Waals surface area contributed by atoms with E-state index in [-0.39, 0.29) is 0 Å². The maximum Gasteiger partial charge on any atom is 0.0731 e. The molecule has 0 saturated carbocycles. The molecule has 0 aliphatic rings. The molecule has 50 heavy (non-hydrogen) atoms. The highest BCUT2D eigenvalue weighted by molar-refractivity contribution is 5.83. The van der Waals surface area contributed by atoms with Crippen LogP contribution in [0.4, 0.5) is 0 Å². The van der Waals surface area contributed by atoms with Crippen LogP contribution in [0, 0.1) is 13.8 Å². The Kier molecular flexibility index (Phi) is 8.42. The predicted octanol–water partition coefficient (Wildman–Crippen LogP) is 12.8. The van der Waals surface area contributed by atoms with Crippen LogP contribution in [0.25, 0.3) is 78.1 Å². The fourth-order valence-electron chi connectivity index (χ4n) is 6.79. The van der Waals surface area contributed by atoms with E-state index in [4.69, 9.17) is 9.97 Å². The van der Waals surface area contributed by atoms with Crippen LogP contribution in [0.2, 0.25) is 0 Å². The zero-order valence-corrected chi connectivity index (χ0v) is 28.2. The van der Waals surface area contributed by atoms with Crippen LogP contribution in [-0.4, -0.2) is 9.97 Å². The van der Waals surface area contributed by atoms with Crippen LogP contribution >= 0.6 is 0 Å². The summed E-state index contributed by atoms with van der Waals surface area (Å²) in [7, 11) is 0. The average Bonchev–Trinajstić information content (AvgIpc) is 3.19. The first-order chi connectivity index (χ1) is 24.6. The second-order valence-electron chi connectivity index (χ2n) is 12.8. The summed E-state index contributed by atoms with van der Waals surface area (Å²) < 4.78 is 0. The third kappa shape index (κ3) is 6.40. The van der Waals surface area contributed by atoms with E-state index in [9.17, 15) is 0 Å². The molecule has 6 aromatic carbocycles. The highest BCUT2D eigenvalue weighted by atomic mass is 14.7. The van der Waals surface area contributed by atoms with Crippen LogP contribution in [0.3, 0.4) is 0 Å². The number of benzene rings is 6. The summed E-state index contributed by atoms with van der Waals surface area (Å²) in [5.74, 6) is 0. The Morgan fingerprint density at radius 3 is 0.780 bits per heavy atom. The molecule has 0 amide bonds. The molecule has 0 aliphatic carbocycles. The van der Waals surface area contributed by atoms with Gasteiger partial charge in [0.05, 0.1) is 11.4 Å². The minimum Gasteiger partial charge on any atom is -0.255 e. The van der Waals surface area contributed by atoms with E-state index in [1.165, 1.54) is 44.5 Å². The third-order valence-electron chi connectivity index (χ3n) is 9.33. The van der Waals surface area contributed by atoms with Gasteiger partial charge in [-0.2, -0.15) is 0 Å². The lowest BCUT2D eigenvalue weighted by Crippen LogP contribution is -1.95. The van der Waals surface area contributed by atoms with E-state index in [1.807, 2.05) is 12.4 Å². The molecule has 238 valence electrons. The summed E-state index contributed by atoms with van der Waals surface area (Å²) in [6.07, 6.45) is 3.97. The lowest BCUT2D eigenvalue weighted by atomic mass is 9.93. The van der Waals surface area contributed by atoms with Gasteiger partial charge in [-0.25, -0.2) is 0 Å². The SMILES string of the molecule is Cc1cc(-c2cnc(-c3cc(-c4ccccc4)cc(-c4ccccc4)c3)c(C)c2)cnc1-c1cc(-c2ccccc2)cc(-c2ccccc2)c1. The van der Waals surface area contributed by atoms with Crippen molar-refractivity contribution in [1.29, 1.82) is 0 Å². The van der Waals surface area contributed by atoms with Gasteiger partial charge < -0.3 is 0 Å². The smallest absolute Gasteiger partial charge is 0.0731 e. The van der Waals surface area contributed by atoms with Gasteiger partial charge in [0.25, 0.3) is 0 Å². The average molecular weight is 641 g/mol. The number of hydrogen-bond acceptors (Lipinski definition) is 2. The fourth-order valence-corrected chi connectivity index (χ4v) is 6.79.